The van der Waals surface area contributed by atoms with Crippen LogP contribution in [-0.2, 0) is 0 Å². The summed E-state index contributed by atoms with van der Waals surface area (Å²) >= 11 is 0. The number of nitrogens with zero attached hydrogens (tertiary/aromatic N) is 6. The number of nitrogens with one attached hydrogen (secondary N) is 1. The molecule has 2 aromatic heterocycles. The van der Waals surface area contributed by atoms with E-state index in [0.717, 1.165) is 56.0 Å². The topological polar surface area (TPSA) is 61.6 Å². The maximum Gasteiger partial charge on any atom is 0.256 e. The molecule has 4 rings (SSSR count). The van der Waals surface area contributed by atoms with Crippen LogP contribution in [0.2, 0.25) is 0 Å². The highest BCUT2D eigenvalue weighted by Crippen LogP contribution is 2.32. The molecule has 3 heterocycles. The molecule has 1 aliphatic heterocycles. The predicted molar refractivity (Wildman–Crippen MR) is 110 cm³/mol. The predicted octanol–water partition coefficient (Wildman–Crippen LogP) is 2.82. The van der Waals surface area contributed by atoms with Crippen molar-refractivity contribution >= 4 is 17.4 Å². The molecular weight excluding hydrogens is 338 g/mol. The first kappa shape index (κ1) is 18.5. The lowest BCUT2D eigenvalue weighted by molar-refractivity contribution is 0.429. The number of aromatic nitrogens is 4. The van der Waals surface area contributed by atoms with E-state index in [1.165, 1.54) is 32.1 Å². The molecule has 1 unspecified atom stereocenters. The van der Waals surface area contributed by atoms with E-state index in [9.17, 15) is 0 Å². The molecule has 7 heteroatoms. The van der Waals surface area contributed by atoms with Crippen LogP contribution in [0.3, 0.4) is 0 Å². The van der Waals surface area contributed by atoms with Gasteiger partial charge < -0.3 is 15.1 Å². The third-order valence-electron chi connectivity index (χ3n) is 6.05. The summed E-state index contributed by atoms with van der Waals surface area (Å²) in [6.07, 6.45) is 6.35. The van der Waals surface area contributed by atoms with E-state index in [0.29, 0.717) is 12.0 Å². The van der Waals surface area contributed by atoms with Gasteiger partial charge in [0.2, 0.25) is 0 Å². The second kappa shape index (κ2) is 8.00. The third-order valence-corrected chi connectivity index (χ3v) is 6.05. The molecule has 1 N–H and O–H groups in total. The summed E-state index contributed by atoms with van der Waals surface area (Å²) in [5, 5.41) is 8.44. The fraction of sp³-hybridized carbons (Fsp3) is 0.750. The number of anilines is 2. The normalized spacial score (nSPS) is 21.7. The molecule has 2 fully saturated rings. The van der Waals surface area contributed by atoms with Crippen LogP contribution in [-0.4, -0.2) is 58.3 Å². The highest BCUT2D eigenvalue weighted by Gasteiger charge is 2.24. The summed E-state index contributed by atoms with van der Waals surface area (Å²) in [6.45, 7) is 11.5. The van der Waals surface area contributed by atoms with Crippen molar-refractivity contribution in [2.75, 3.05) is 42.5 Å². The Labute approximate surface area is 162 Å². The largest absolute Gasteiger partial charge is 0.357 e. The molecule has 0 radical (unpaired) electrons. The van der Waals surface area contributed by atoms with Gasteiger partial charge in [-0.15, -0.1) is 5.10 Å². The Morgan fingerprint density at radius 1 is 1.15 bits per heavy atom. The number of hydrogen-bond acceptors (Lipinski definition) is 6. The Morgan fingerprint density at radius 3 is 2.63 bits per heavy atom. The average Bonchev–Trinajstić information content (AvgIpc) is 3.14. The van der Waals surface area contributed by atoms with E-state index >= 15 is 0 Å². The molecule has 0 amide bonds. The van der Waals surface area contributed by atoms with Gasteiger partial charge in [-0.3, -0.25) is 0 Å². The first-order valence-electron chi connectivity index (χ1n) is 10.7. The molecule has 0 bridgehead atoms. The van der Waals surface area contributed by atoms with Gasteiger partial charge >= 0.3 is 0 Å². The molecule has 1 saturated heterocycles. The summed E-state index contributed by atoms with van der Waals surface area (Å²) in [5.74, 6) is 4.37. The van der Waals surface area contributed by atoms with Crippen LogP contribution in [0.5, 0.6) is 0 Å². The molecule has 0 spiro atoms. The lowest BCUT2D eigenvalue weighted by atomic mass is 9.89. The first-order valence-corrected chi connectivity index (χ1v) is 10.7. The summed E-state index contributed by atoms with van der Waals surface area (Å²) < 4.78 is 1.98. The van der Waals surface area contributed by atoms with Crippen LogP contribution < -0.4 is 15.1 Å². The van der Waals surface area contributed by atoms with E-state index in [-0.39, 0.29) is 0 Å². The molecule has 2 aliphatic rings. The minimum Gasteiger partial charge on any atom is -0.357 e. The van der Waals surface area contributed by atoms with Gasteiger partial charge in [0, 0.05) is 50.7 Å². The van der Waals surface area contributed by atoms with Gasteiger partial charge in [-0.1, -0.05) is 19.3 Å². The summed E-state index contributed by atoms with van der Waals surface area (Å²) in [4.78, 5) is 14.5. The molecule has 1 saturated carbocycles. The van der Waals surface area contributed by atoms with Gasteiger partial charge in [0.15, 0.2) is 5.82 Å². The number of fused-ring (bicyclic) bond motifs is 1. The van der Waals surface area contributed by atoms with Gasteiger partial charge in [-0.25, -0.2) is 0 Å². The molecule has 2 aromatic rings. The van der Waals surface area contributed by atoms with E-state index < -0.39 is 0 Å². The minimum absolute atomic E-state index is 0.476. The summed E-state index contributed by atoms with van der Waals surface area (Å²) in [6, 6.07) is 2.68. The van der Waals surface area contributed by atoms with E-state index in [2.05, 4.69) is 42.0 Å². The van der Waals surface area contributed by atoms with Crippen LogP contribution >= 0.6 is 0 Å². The maximum absolute atomic E-state index is 4.92. The van der Waals surface area contributed by atoms with Crippen LogP contribution in [0.4, 0.5) is 11.6 Å². The maximum atomic E-state index is 4.92. The number of rotatable bonds is 5. The van der Waals surface area contributed by atoms with Crippen molar-refractivity contribution in [2.24, 2.45) is 0 Å². The zero-order chi connectivity index (χ0) is 18.8. The number of piperazine rings is 1. The van der Waals surface area contributed by atoms with Crippen LogP contribution in [0.1, 0.15) is 64.6 Å². The van der Waals surface area contributed by atoms with E-state index in [4.69, 9.17) is 15.1 Å². The highest BCUT2D eigenvalue weighted by molar-refractivity contribution is 5.57. The summed E-state index contributed by atoms with van der Waals surface area (Å²) in [7, 11) is 0. The Morgan fingerprint density at radius 2 is 1.93 bits per heavy atom. The Bertz CT molecular complexity index is 761. The van der Waals surface area contributed by atoms with Gasteiger partial charge in [-0.2, -0.15) is 14.5 Å². The fourth-order valence-corrected chi connectivity index (χ4v) is 4.47. The van der Waals surface area contributed by atoms with Gasteiger partial charge in [0.05, 0.1) is 0 Å². The summed E-state index contributed by atoms with van der Waals surface area (Å²) in [5.41, 5.74) is 0. The lowest BCUT2D eigenvalue weighted by Gasteiger charge is -2.33. The molecule has 1 atom stereocenters. The Kier molecular flexibility index (Phi) is 5.48. The lowest BCUT2D eigenvalue weighted by Crippen LogP contribution is -2.49. The monoisotopic (exact) mass is 371 g/mol. The Balaban J connectivity index is 1.76. The smallest absolute Gasteiger partial charge is 0.256 e. The fourth-order valence-electron chi connectivity index (χ4n) is 4.47. The SMILES string of the molecule is CCN(CC)c1cc(N2CCNC(C)C2)nc2nc(C3CCCCC3)nn12. The zero-order valence-corrected chi connectivity index (χ0v) is 17.0. The Hall–Kier alpha value is -1.89. The van der Waals surface area contributed by atoms with E-state index in [1.807, 2.05) is 4.52 Å². The van der Waals surface area contributed by atoms with Crippen molar-refractivity contribution in [2.45, 2.75) is 64.8 Å². The average molecular weight is 372 g/mol. The zero-order valence-electron chi connectivity index (χ0n) is 17.0. The molecule has 1 aliphatic carbocycles. The van der Waals surface area contributed by atoms with Gasteiger partial charge in [0.25, 0.3) is 5.78 Å². The standard InChI is InChI=1S/C20H33N7/c1-4-25(5-2)18-13-17(26-12-11-21-15(3)14-26)22-20-23-19(24-27(18)20)16-9-7-6-8-10-16/h13,15-16,21H,4-12,14H2,1-3H3. The quantitative estimate of drug-likeness (QED) is 0.872. The first-order chi connectivity index (χ1) is 13.2. The molecular formula is C20H33N7. The second-order valence-corrected chi connectivity index (χ2v) is 7.96. The molecule has 148 valence electrons. The van der Waals surface area contributed by atoms with Crippen molar-refractivity contribution in [3.8, 4) is 0 Å². The second-order valence-electron chi connectivity index (χ2n) is 7.96. The van der Waals surface area contributed by atoms with Crippen molar-refractivity contribution in [1.29, 1.82) is 0 Å². The molecule has 7 nitrogen and oxygen atoms in total. The molecule has 0 aromatic carbocycles. The third kappa shape index (κ3) is 3.74. The van der Waals surface area contributed by atoms with Gasteiger partial charge in [0.1, 0.15) is 11.6 Å². The van der Waals surface area contributed by atoms with Crippen LogP contribution in [0.25, 0.3) is 5.78 Å². The van der Waals surface area contributed by atoms with Crippen molar-refractivity contribution in [3.05, 3.63) is 11.9 Å². The van der Waals surface area contributed by atoms with Gasteiger partial charge in [-0.05, 0) is 33.6 Å². The van der Waals surface area contributed by atoms with Crippen LogP contribution in [0.15, 0.2) is 6.07 Å². The number of hydrogen-bond donors (Lipinski definition) is 1. The van der Waals surface area contributed by atoms with Crippen LogP contribution in [0, 0.1) is 0 Å². The minimum atomic E-state index is 0.476. The van der Waals surface area contributed by atoms with Crippen molar-refractivity contribution < 1.29 is 0 Å². The van der Waals surface area contributed by atoms with Crippen molar-refractivity contribution in [3.63, 3.8) is 0 Å². The van der Waals surface area contributed by atoms with Crippen molar-refractivity contribution in [1.82, 2.24) is 24.9 Å². The molecule has 27 heavy (non-hydrogen) atoms. The van der Waals surface area contributed by atoms with E-state index in [1.54, 1.807) is 0 Å². The highest BCUT2D eigenvalue weighted by atomic mass is 15.4.